The van der Waals surface area contributed by atoms with E-state index < -0.39 is 6.10 Å². The topological polar surface area (TPSA) is 91.2 Å². The molecule has 0 heterocycles. The third-order valence-electron chi connectivity index (χ3n) is 3.78. The van der Waals surface area contributed by atoms with Crippen molar-refractivity contribution in [1.29, 1.82) is 0 Å². The van der Waals surface area contributed by atoms with Gasteiger partial charge in [-0.05, 0) is 54.4 Å². The molecular formula is C18H23NO5. The first-order chi connectivity index (χ1) is 11.5. The molecule has 130 valence electrons. The summed E-state index contributed by atoms with van der Waals surface area (Å²) in [7, 11) is 3.24. The Morgan fingerprint density at radius 1 is 1.00 bits per heavy atom. The Labute approximate surface area is 141 Å². The third-order valence-corrected chi connectivity index (χ3v) is 3.78. The molecule has 0 fully saturated rings. The van der Waals surface area contributed by atoms with Crippen molar-refractivity contribution in [2.24, 2.45) is 0 Å². The second-order valence-electron chi connectivity index (χ2n) is 5.40. The number of phenolic OH excluding ortho intramolecular Hbond substituents is 2. The summed E-state index contributed by atoms with van der Waals surface area (Å²) in [5, 5.41) is 32.0. The van der Waals surface area contributed by atoms with Gasteiger partial charge in [-0.3, -0.25) is 0 Å². The Bertz CT molecular complexity index is 674. The van der Waals surface area contributed by atoms with E-state index in [-0.39, 0.29) is 11.5 Å². The number of methoxy groups -OCH3 is 2. The summed E-state index contributed by atoms with van der Waals surface area (Å²) in [5.41, 5.74) is 1.55. The van der Waals surface area contributed by atoms with E-state index in [9.17, 15) is 15.3 Å². The van der Waals surface area contributed by atoms with Crippen LogP contribution in [0, 0.1) is 0 Å². The number of nitrogens with one attached hydrogen (secondary N) is 1. The molecule has 6 heteroatoms. The number of hydrogen-bond donors (Lipinski definition) is 4. The quantitative estimate of drug-likeness (QED) is 0.436. The second kappa shape index (κ2) is 8.42. The van der Waals surface area contributed by atoms with E-state index in [4.69, 9.17) is 9.47 Å². The van der Waals surface area contributed by atoms with Gasteiger partial charge in [0.2, 0.25) is 0 Å². The van der Waals surface area contributed by atoms with E-state index in [1.807, 2.05) is 18.2 Å². The van der Waals surface area contributed by atoms with Crippen molar-refractivity contribution in [2.75, 3.05) is 27.3 Å². The van der Waals surface area contributed by atoms with Gasteiger partial charge in [0.1, 0.15) is 11.5 Å². The number of aliphatic hydroxyl groups excluding tert-OH is 1. The lowest BCUT2D eigenvalue weighted by Gasteiger charge is -2.14. The summed E-state index contributed by atoms with van der Waals surface area (Å²) in [6, 6.07) is 9.92. The fraction of sp³-hybridized carbons (Fsp3) is 0.333. The molecule has 24 heavy (non-hydrogen) atoms. The molecule has 0 spiro atoms. The van der Waals surface area contributed by atoms with Gasteiger partial charge >= 0.3 is 0 Å². The van der Waals surface area contributed by atoms with Crippen LogP contribution >= 0.6 is 0 Å². The van der Waals surface area contributed by atoms with E-state index in [0.29, 0.717) is 25.1 Å². The van der Waals surface area contributed by atoms with Crippen molar-refractivity contribution in [3.05, 3.63) is 47.5 Å². The molecule has 0 aliphatic carbocycles. The molecule has 2 rings (SSSR count). The molecule has 0 unspecified atom stereocenters. The summed E-state index contributed by atoms with van der Waals surface area (Å²) >= 11 is 0. The fourth-order valence-electron chi connectivity index (χ4n) is 2.40. The van der Waals surface area contributed by atoms with Gasteiger partial charge in [-0.1, -0.05) is 6.07 Å². The Morgan fingerprint density at radius 2 is 1.79 bits per heavy atom. The molecule has 2 aromatic rings. The van der Waals surface area contributed by atoms with Crippen LogP contribution in [0.2, 0.25) is 0 Å². The highest BCUT2D eigenvalue weighted by atomic mass is 16.5. The van der Waals surface area contributed by atoms with Gasteiger partial charge in [0.05, 0.1) is 20.3 Å². The highest BCUT2D eigenvalue weighted by Gasteiger charge is 2.10. The number of hydrogen-bond acceptors (Lipinski definition) is 6. The predicted molar refractivity (Wildman–Crippen MR) is 90.9 cm³/mol. The van der Waals surface area contributed by atoms with Crippen LogP contribution in [0.25, 0.3) is 0 Å². The Balaban J connectivity index is 1.87. The van der Waals surface area contributed by atoms with Gasteiger partial charge in [-0.15, -0.1) is 0 Å². The van der Waals surface area contributed by atoms with Gasteiger partial charge in [0, 0.05) is 6.54 Å². The fourth-order valence-corrected chi connectivity index (χ4v) is 2.40. The van der Waals surface area contributed by atoms with Crippen molar-refractivity contribution in [3.63, 3.8) is 0 Å². The standard InChI is InChI=1S/C18H23NO5/c1-23-14-4-6-18(24-2)13(9-14)7-8-19-11-17(22)12-3-5-15(20)16(21)10-12/h3-6,9-10,17,19-22H,7-8,11H2,1-2H3/t17-/m0/s1. The zero-order valence-electron chi connectivity index (χ0n) is 13.8. The van der Waals surface area contributed by atoms with Gasteiger partial charge in [0.25, 0.3) is 0 Å². The van der Waals surface area contributed by atoms with Gasteiger partial charge in [-0.2, -0.15) is 0 Å². The molecule has 0 aromatic heterocycles. The Morgan fingerprint density at radius 3 is 2.46 bits per heavy atom. The highest BCUT2D eigenvalue weighted by Crippen LogP contribution is 2.27. The minimum Gasteiger partial charge on any atom is -0.504 e. The molecule has 4 N–H and O–H groups in total. The summed E-state index contributed by atoms with van der Waals surface area (Å²) in [4.78, 5) is 0. The van der Waals surface area contributed by atoms with E-state index in [0.717, 1.165) is 17.1 Å². The van der Waals surface area contributed by atoms with Crippen LogP contribution in [-0.2, 0) is 6.42 Å². The van der Waals surface area contributed by atoms with Crippen molar-refractivity contribution in [3.8, 4) is 23.0 Å². The number of aromatic hydroxyl groups is 2. The summed E-state index contributed by atoms with van der Waals surface area (Å²) in [6.07, 6.45) is -0.0582. The number of ether oxygens (including phenoxy) is 2. The van der Waals surface area contributed by atoms with Gasteiger partial charge < -0.3 is 30.1 Å². The van der Waals surface area contributed by atoms with E-state index in [2.05, 4.69) is 5.32 Å². The first kappa shape index (κ1) is 17.9. The van der Waals surface area contributed by atoms with Crippen LogP contribution in [0.3, 0.4) is 0 Å². The minimum absolute atomic E-state index is 0.205. The van der Waals surface area contributed by atoms with E-state index >= 15 is 0 Å². The molecule has 1 atom stereocenters. The van der Waals surface area contributed by atoms with Crippen LogP contribution in [0.5, 0.6) is 23.0 Å². The Hall–Kier alpha value is -2.44. The maximum atomic E-state index is 10.1. The van der Waals surface area contributed by atoms with Crippen LogP contribution in [0.4, 0.5) is 0 Å². The zero-order valence-corrected chi connectivity index (χ0v) is 13.8. The van der Waals surface area contributed by atoms with Crippen molar-refractivity contribution < 1.29 is 24.8 Å². The molecule has 0 radical (unpaired) electrons. The monoisotopic (exact) mass is 333 g/mol. The molecule has 0 bridgehead atoms. The predicted octanol–water partition coefficient (Wildman–Crippen LogP) is 1.98. The molecule has 0 aliphatic rings. The van der Waals surface area contributed by atoms with E-state index in [1.54, 1.807) is 20.3 Å². The maximum absolute atomic E-state index is 10.1. The largest absolute Gasteiger partial charge is 0.504 e. The lowest BCUT2D eigenvalue weighted by Crippen LogP contribution is -2.23. The first-order valence-electron chi connectivity index (χ1n) is 7.66. The summed E-state index contributed by atoms with van der Waals surface area (Å²) in [6.45, 7) is 0.973. The van der Waals surface area contributed by atoms with Gasteiger partial charge in [-0.25, -0.2) is 0 Å². The number of phenols is 2. The lowest BCUT2D eigenvalue weighted by atomic mass is 10.1. The molecule has 6 nitrogen and oxygen atoms in total. The van der Waals surface area contributed by atoms with Crippen LogP contribution < -0.4 is 14.8 Å². The van der Waals surface area contributed by atoms with Crippen LogP contribution in [-0.4, -0.2) is 42.6 Å². The molecule has 0 aliphatic heterocycles. The second-order valence-corrected chi connectivity index (χ2v) is 5.40. The third kappa shape index (κ3) is 4.53. The summed E-state index contributed by atoms with van der Waals surface area (Å²) < 4.78 is 10.5. The average molecular weight is 333 g/mol. The van der Waals surface area contributed by atoms with Crippen molar-refractivity contribution >= 4 is 0 Å². The van der Waals surface area contributed by atoms with Crippen LogP contribution in [0.15, 0.2) is 36.4 Å². The highest BCUT2D eigenvalue weighted by molar-refractivity contribution is 5.41. The molecule has 2 aromatic carbocycles. The molecule has 0 amide bonds. The molecular weight excluding hydrogens is 310 g/mol. The zero-order chi connectivity index (χ0) is 17.5. The summed E-state index contributed by atoms with van der Waals surface area (Å²) in [5.74, 6) is 1.11. The Kier molecular flexibility index (Phi) is 6.28. The van der Waals surface area contributed by atoms with Crippen LogP contribution in [0.1, 0.15) is 17.2 Å². The van der Waals surface area contributed by atoms with Crippen molar-refractivity contribution in [2.45, 2.75) is 12.5 Å². The maximum Gasteiger partial charge on any atom is 0.157 e. The molecule has 0 saturated carbocycles. The average Bonchev–Trinajstić information content (AvgIpc) is 2.60. The number of rotatable bonds is 8. The molecule has 0 saturated heterocycles. The SMILES string of the molecule is COc1ccc(OC)c(CCNC[C@H](O)c2ccc(O)c(O)c2)c1. The van der Waals surface area contributed by atoms with E-state index in [1.165, 1.54) is 12.1 Å². The smallest absolute Gasteiger partial charge is 0.157 e. The number of benzene rings is 2. The minimum atomic E-state index is -0.774. The first-order valence-corrected chi connectivity index (χ1v) is 7.66. The van der Waals surface area contributed by atoms with Crippen molar-refractivity contribution in [1.82, 2.24) is 5.32 Å². The normalized spacial score (nSPS) is 12.0. The van der Waals surface area contributed by atoms with Gasteiger partial charge in [0.15, 0.2) is 11.5 Å². The number of aliphatic hydroxyl groups is 1. The lowest BCUT2D eigenvalue weighted by molar-refractivity contribution is 0.174.